The summed E-state index contributed by atoms with van der Waals surface area (Å²) in [6.07, 6.45) is 1.40. The minimum Gasteiger partial charge on any atom is -0.364 e. The van der Waals surface area contributed by atoms with Gasteiger partial charge in [0.1, 0.15) is 6.26 Å². The second-order valence-electron chi connectivity index (χ2n) is 4.43. The van der Waals surface area contributed by atoms with Gasteiger partial charge in [-0.25, -0.2) is 13.1 Å². The molecule has 0 aliphatic rings. The molecule has 0 aliphatic carbocycles. The highest BCUT2D eigenvalue weighted by atomic mass is 32.2. The van der Waals surface area contributed by atoms with Gasteiger partial charge in [0.25, 0.3) is 0 Å². The van der Waals surface area contributed by atoms with Gasteiger partial charge in [0.15, 0.2) is 0 Å². The maximum atomic E-state index is 12.2. The molecule has 2 rings (SSSR count). The topological polar surface area (TPSA) is 84.2 Å². The van der Waals surface area contributed by atoms with Crippen LogP contribution in [0.5, 0.6) is 0 Å². The smallest absolute Gasteiger partial charge is 0.240 e. The van der Waals surface area contributed by atoms with E-state index >= 15 is 0 Å². The van der Waals surface area contributed by atoms with Crippen LogP contribution in [-0.4, -0.2) is 20.6 Å². The van der Waals surface area contributed by atoms with E-state index in [0.717, 1.165) is 11.1 Å². The molecule has 0 radical (unpaired) electrons. The number of nitrogens with zero attached hydrogens (tertiary/aromatic N) is 1. The lowest BCUT2D eigenvalue weighted by atomic mass is 10.1. The van der Waals surface area contributed by atoms with Crippen LogP contribution < -0.4 is 10.0 Å². The van der Waals surface area contributed by atoms with E-state index in [0.29, 0.717) is 12.2 Å². The third-order valence-electron chi connectivity index (χ3n) is 2.93. The summed E-state index contributed by atoms with van der Waals surface area (Å²) >= 11 is 0. The van der Waals surface area contributed by atoms with Gasteiger partial charge in [0.2, 0.25) is 10.0 Å². The number of hydrogen-bond acceptors (Lipinski definition) is 5. The average molecular weight is 295 g/mol. The number of benzene rings is 1. The molecule has 20 heavy (non-hydrogen) atoms. The number of rotatable bonds is 6. The van der Waals surface area contributed by atoms with E-state index in [2.05, 4.69) is 19.7 Å². The molecule has 1 aromatic heterocycles. The SMILES string of the molecule is CNCc1cc(S(=O)(=O)NCc2ccon2)ccc1C. The summed E-state index contributed by atoms with van der Waals surface area (Å²) in [6, 6.07) is 6.69. The van der Waals surface area contributed by atoms with Crippen molar-refractivity contribution < 1.29 is 12.9 Å². The maximum Gasteiger partial charge on any atom is 0.240 e. The molecule has 2 aromatic rings. The van der Waals surface area contributed by atoms with Gasteiger partial charge in [-0.2, -0.15) is 0 Å². The van der Waals surface area contributed by atoms with Gasteiger partial charge in [0.05, 0.1) is 17.1 Å². The van der Waals surface area contributed by atoms with Crippen molar-refractivity contribution in [1.29, 1.82) is 0 Å². The molecule has 0 saturated carbocycles. The van der Waals surface area contributed by atoms with Crippen LogP contribution in [0, 0.1) is 6.92 Å². The minimum absolute atomic E-state index is 0.105. The van der Waals surface area contributed by atoms with Gasteiger partial charge in [-0.05, 0) is 37.2 Å². The zero-order chi connectivity index (χ0) is 14.6. The van der Waals surface area contributed by atoms with Crippen molar-refractivity contribution in [3.05, 3.63) is 47.3 Å². The molecule has 0 aliphatic heterocycles. The first-order valence-electron chi connectivity index (χ1n) is 6.16. The van der Waals surface area contributed by atoms with E-state index in [9.17, 15) is 8.42 Å². The summed E-state index contributed by atoms with van der Waals surface area (Å²) in [7, 11) is -1.73. The molecular formula is C13H17N3O3S. The van der Waals surface area contributed by atoms with Crippen LogP contribution in [0.4, 0.5) is 0 Å². The average Bonchev–Trinajstić information content (AvgIpc) is 2.92. The lowest BCUT2D eigenvalue weighted by Gasteiger charge is -2.10. The second kappa shape index (κ2) is 6.17. The van der Waals surface area contributed by atoms with E-state index in [1.54, 1.807) is 24.3 Å². The minimum atomic E-state index is -3.55. The Bertz CT molecular complexity index is 666. The fourth-order valence-corrected chi connectivity index (χ4v) is 2.83. The molecular weight excluding hydrogens is 278 g/mol. The number of nitrogens with one attached hydrogen (secondary N) is 2. The molecule has 6 nitrogen and oxygen atoms in total. The third-order valence-corrected chi connectivity index (χ3v) is 4.33. The lowest BCUT2D eigenvalue weighted by molar-refractivity contribution is 0.411. The summed E-state index contributed by atoms with van der Waals surface area (Å²) in [5, 5.41) is 6.68. The summed E-state index contributed by atoms with van der Waals surface area (Å²) in [4.78, 5) is 0.247. The van der Waals surface area contributed by atoms with E-state index in [4.69, 9.17) is 0 Å². The third kappa shape index (κ3) is 3.44. The van der Waals surface area contributed by atoms with E-state index < -0.39 is 10.0 Å². The van der Waals surface area contributed by atoms with Crippen molar-refractivity contribution >= 4 is 10.0 Å². The van der Waals surface area contributed by atoms with Crippen LogP contribution in [0.25, 0.3) is 0 Å². The van der Waals surface area contributed by atoms with Crippen LogP contribution in [-0.2, 0) is 23.1 Å². The highest BCUT2D eigenvalue weighted by molar-refractivity contribution is 7.89. The highest BCUT2D eigenvalue weighted by Gasteiger charge is 2.15. The van der Waals surface area contributed by atoms with Crippen molar-refractivity contribution in [1.82, 2.24) is 15.2 Å². The Morgan fingerprint density at radius 1 is 1.25 bits per heavy atom. The molecule has 0 atom stereocenters. The molecule has 0 bridgehead atoms. The standard InChI is InChI=1S/C13H17N3O3S/c1-10-3-4-13(7-11(10)8-14-2)20(17,18)15-9-12-5-6-19-16-12/h3-7,14-15H,8-9H2,1-2H3. The molecule has 2 N–H and O–H groups in total. The van der Waals surface area contributed by atoms with Crippen molar-refractivity contribution in [2.24, 2.45) is 0 Å². The molecule has 0 saturated heterocycles. The summed E-state index contributed by atoms with van der Waals surface area (Å²) in [5.41, 5.74) is 2.54. The first kappa shape index (κ1) is 14.7. The molecule has 0 unspecified atom stereocenters. The van der Waals surface area contributed by atoms with Gasteiger partial charge >= 0.3 is 0 Å². The highest BCUT2D eigenvalue weighted by Crippen LogP contribution is 2.15. The van der Waals surface area contributed by atoms with Crippen LogP contribution >= 0.6 is 0 Å². The first-order valence-corrected chi connectivity index (χ1v) is 7.64. The van der Waals surface area contributed by atoms with Crippen LogP contribution in [0.1, 0.15) is 16.8 Å². The second-order valence-corrected chi connectivity index (χ2v) is 6.20. The zero-order valence-electron chi connectivity index (χ0n) is 11.4. The molecule has 108 valence electrons. The maximum absolute atomic E-state index is 12.2. The van der Waals surface area contributed by atoms with E-state index in [-0.39, 0.29) is 11.4 Å². The molecule has 1 heterocycles. The Morgan fingerprint density at radius 3 is 2.70 bits per heavy atom. The zero-order valence-corrected chi connectivity index (χ0v) is 12.2. The van der Waals surface area contributed by atoms with Crippen molar-refractivity contribution in [2.75, 3.05) is 7.05 Å². The Balaban J connectivity index is 2.18. The van der Waals surface area contributed by atoms with Gasteiger partial charge in [-0.3, -0.25) is 0 Å². The fourth-order valence-electron chi connectivity index (χ4n) is 1.78. The number of sulfonamides is 1. The van der Waals surface area contributed by atoms with Gasteiger partial charge in [-0.1, -0.05) is 11.2 Å². The predicted molar refractivity (Wildman–Crippen MR) is 74.5 cm³/mol. The van der Waals surface area contributed by atoms with Crippen LogP contribution in [0.3, 0.4) is 0 Å². The number of hydrogen-bond donors (Lipinski definition) is 2. The molecule has 0 fully saturated rings. The van der Waals surface area contributed by atoms with E-state index in [1.807, 2.05) is 14.0 Å². The molecule has 7 heteroatoms. The molecule has 1 aromatic carbocycles. The normalized spacial score (nSPS) is 11.7. The van der Waals surface area contributed by atoms with Gasteiger partial charge in [0, 0.05) is 12.6 Å². The largest absolute Gasteiger partial charge is 0.364 e. The Morgan fingerprint density at radius 2 is 2.05 bits per heavy atom. The van der Waals surface area contributed by atoms with E-state index in [1.165, 1.54) is 6.26 Å². The summed E-state index contributed by atoms with van der Waals surface area (Å²) in [5.74, 6) is 0. The van der Waals surface area contributed by atoms with Gasteiger partial charge in [-0.15, -0.1) is 0 Å². The molecule has 0 spiro atoms. The Hall–Kier alpha value is -1.70. The number of aryl methyl sites for hydroxylation is 1. The van der Waals surface area contributed by atoms with Gasteiger partial charge < -0.3 is 9.84 Å². The molecule has 0 amide bonds. The van der Waals surface area contributed by atoms with Crippen molar-refractivity contribution in [3.63, 3.8) is 0 Å². The number of aromatic nitrogens is 1. The summed E-state index contributed by atoms with van der Waals surface area (Å²) in [6.45, 7) is 2.68. The Kier molecular flexibility index (Phi) is 4.53. The summed E-state index contributed by atoms with van der Waals surface area (Å²) < 4.78 is 31.6. The quantitative estimate of drug-likeness (QED) is 0.836. The van der Waals surface area contributed by atoms with Crippen LogP contribution in [0.15, 0.2) is 39.9 Å². The first-order chi connectivity index (χ1) is 9.53. The fraction of sp³-hybridized carbons (Fsp3) is 0.308. The van der Waals surface area contributed by atoms with Crippen molar-refractivity contribution in [3.8, 4) is 0 Å². The predicted octanol–water partition coefficient (Wildman–Crippen LogP) is 1.18. The lowest BCUT2D eigenvalue weighted by Crippen LogP contribution is -2.23. The van der Waals surface area contributed by atoms with Crippen molar-refractivity contribution in [2.45, 2.75) is 24.9 Å². The Labute approximate surface area is 118 Å². The van der Waals surface area contributed by atoms with Crippen LogP contribution in [0.2, 0.25) is 0 Å². The monoisotopic (exact) mass is 295 g/mol.